The summed E-state index contributed by atoms with van der Waals surface area (Å²) in [5.74, 6) is 1.05. The van der Waals surface area contributed by atoms with Crippen molar-refractivity contribution in [3.8, 4) is 0 Å². The number of aromatic amines is 1. The van der Waals surface area contributed by atoms with Crippen LogP contribution < -0.4 is 10.5 Å². The van der Waals surface area contributed by atoms with E-state index < -0.39 is 9.84 Å². The number of H-pyrrole nitrogens is 1. The van der Waals surface area contributed by atoms with Crippen molar-refractivity contribution in [2.24, 2.45) is 13.0 Å². The SMILES string of the molecule is Cc1c(S(=O)(=O)CC2CC(N(C)c3ncnc4[nH]ccc34)C2)ccc(=O)n1C. The van der Waals surface area contributed by atoms with Gasteiger partial charge in [0.1, 0.15) is 17.8 Å². The fourth-order valence-electron chi connectivity index (χ4n) is 3.90. The van der Waals surface area contributed by atoms with Crippen molar-refractivity contribution in [1.82, 2.24) is 19.5 Å². The normalized spacial score (nSPS) is 19.5. The number of aromatic nitrogens is 4. The Kier molecular flexibility index (Phi) is 4.49. The Bertz CT molecular complexity index is 1190. The van der Waals surface area contributed by atoms with Crippen molar-refractivity contribution in [3.63, 3.8) is 0 Å². The highest BCUT2D eigenvalue weighted by Crippen LogP contribution is 2.36. The fourth-order valence-corrected chi connectivity index (χ4v) is 5.84. The minimum atomic E-state index is -3.44. The first-order valence-electron chi connectivity index (χ1n) is 9.18. The van der Waals surface area contributed by atoms with Crippen molar-refractivity contribution < 1.29 is 8.42 Å². The van der Waals surface area contributed by atoms with Gasteiger partial charge in [-0.25, -0.2) is 18.4 Å². The highest BCUT2D eigenvalue weighted by atomic mass is 32.2. The number of rotatable bonds is 5. The maximum atomic E-state index is 12.9. The summed E-state index contributed by atoms with van der Waals surface area (Å²) in [5, 5.41) is 0.960. The Balaban J connectivity index is 1.46. The third-order valence-electron chi connectivity index (χ3n) is 5.78. The van der Waals surface area contributed by atoms with Crippen LogP contribution in [0.2, 0.25) is 0 Å². The first-order chi connectivity index (χ1) is 13.3. The minimum Gasteiger partial charge on any atom is -0.356 e. The molecule has 8 nitrogen and oxygen atoms in total. The fraction of sp³-hybridized carbons (Fsp3) is 0.421. The zero-order chi connectivity index (χ0) is 20.1. The summed E-state index contributed by atoms with van der Waals surface area (Å²) in [5.41, 5.74) is 1.07. The van der Waals surface area contributed by atoms with E-state index in [0.717, 1.165) is 29.7 Å². The van der Waals surface area contributed by atoms with Crippen LogP contribution in [0.5, 0.6) is 0 Å². The van der Waals surface area contributed by atoms with Crippen molar-refractivity contribution in [2.45, 2.75) is 30.7 Å². The van der Waals surface area contributed by atoms with Crippen LogP contribution in [0.4, 0.5) is 5.82 Å². The molecule has 1 fully saturated rings. The van der Waals surface area contributed by atoms with Crippen molar-refractivity contribution in [3.05, 3.63) is 46.8 Å². The number of fused-ring (bicyclic) bond motifs is 1. The molecule has 0 bridgehead atoms. The van der Waals surface area contributed by atoms with Crippen LogP contribution in [0.3, 0.4) is 0 Å². The Labute approximate surface area is 163 Å². The van der Waals surface area contributed by atoms with Gasteiger partial charge in [-0.2, -0.15) is 0 Å². The average molecular weight is 401 g/mol. The number of anilines is 1. The molecule has 9 heteroatoms. The van der Waals surface area contributed by atoms with Crippen molar-refractivity contribution >= 4 is 26.7 Å². The quantitative estimate of drug-likeness (QED) is 0.698. The molecule has 0 atom stereocenters. The lowest BCUT2D eigenvalue weighted by Gasteiger charge is -2.41. The van der Waals surface area contributed by atoms with Crippen LogP contribution >= 0.6 is 0 Å². The van der Waals surface area contributed by atoms with Crippen LogP contribution in [-0.2, 0) is 16.9 Å². The molecule has 3 aromatic rings. The summed E-state index contributed by atoms with van der Waals surface area (Å²) in [6, 6.07) is 4.94. The zero-order valence-electron chi connectivity index (χ0n) is 16.1. The molecule has 3 aromatic heterocycles. The maximum absolute atomic E-state index is 12.9. The van der Waals surface area contributed by atoms with Gasteiger partial charge in [-0.1, -0.05) is 0 Å². The van der Waals surface area contributed by atoms with Gasteiger partial charge >= 0.3 is 0 Å². The number of pyridine rings is 1. The molecule has 1 aliphatic carbocycles. The summed E-state index contributed by atoms with van der Waals surface area (Å²) < 4.78 is 27.1. The second-order valence-electron chi connectivity index (χ2n) is 7.50. The molecule has 1 saturated carbocycles. The lowest BCUT2D eigenvalue weighted by molar-refractivity contribution is 0.282. The van der Waals surface area contributed by atoms with E-state index in [1.807, 2.05) is 19.3 Å². The molecule has 0 saturated heterocycles. The highest BCUT2D eigenvalue weighted by molar-refractivity contribution is 7.91. The van der Waals surface area contributed by atoms with E-state index in [-0.39, 0.29) is 28.2 Å². The molecular weight excluding hydrogens is 378 g/mol. The topological polar surface area (TPSA) is 101 Å². The number of sulfone groups is 1. The van der Waals surface area contributed by atoms with E-state index in [2.05, 4.69) is 19.9 Å². The van der Waals surface area contributed by atoms with Gasteiger partial charge in [-0.3, -0.25) is 4.79 Å². The smallest absolute Gasteiger partial charge is 0.250 e. The van der Waals surface area contributed by atoms with E-state index in [9.17, 15) is 13.2 Å². The summed E-state index contributed by atoms with van der Waals surface area (Å²) in [7, 11) is 0.140. The van der Waals surface area contributed by atoms with E-state index in [0.29, 0.717) is 5.69 Å². The molecule has 3 heterocycles. The monoisotopic (exact) mass is 401 g/mol. The summed E-state index contributed by atoms with van der Waals surface area (Å²) >= 11 is 0. The minimum absolute atomic E-state index is 0.0950. The van der Waals surface area contributed by atoms with Gasteiger partial charge in [-0.05, 0) is 37.8 Å². The van der Waals surface area contributed by atoms with Gasteiger partial charge in [-0.15, -0.1) is 0 Å². The van der Waals surface area contributed by atoms with E-state index in [1.165, 1.54) is 23.0 Å². The number of hydrogen-bond acceptors (Lipinski definition) is 6. The van der Waals surface area contributed by atoms with Gasteiger partial charge in [0.2, 0.25) is 0 Å². The zero-order valence-corrected chi connectivity index (χ0v) is 16.9. The molecule has 1 aliphatic rings. The summed E-state index contributed by atoms with van der Waals surface area (Å²) in [4.78, 5) is 25.7. The van der Waals surface area contributed by atoms with Gasteiger partial charge in [0.25, 0.3) is 5.56 Å². The molecule has 28 heavy (non-hydrogen) atoms. The Hall–Kier alpha value is -2.68. The lowest BCUT2D eigenvalue weighted by Crippen LogP contribution is -2.45. The highest BCUT2D eigenvalue weighted by Gasteiger charge is 2.37. The van der Waals surface area contributed by atoms with Gasteiger partial charge < -0.3 is 14.5 Å². The number of nitrogens with one attached hydrogen (secondary N) is 1. The van der Waals surface area contributed by atoms with E-state index in [4.69, 9.17) is 0 Å². The molecule has 0 aromatic carbocycles. The molecular formula is C19H23N5O3S. The number of nitrogens with zero attached hydrogens (tertiary/aromatic N) is 4. The molecule has 1 N–H and O–H groups in total. The molecule has 0 amide bonds. The lowest BCUT2D eigenvalue weighted by atomic mass is 9.81. The first-order valence-corrected chi connectivity index (χ1v) is 10.8. The molecule has 0 unspecified atom stereocenters. The number of hydrogen-bond donors (Lipinski definition) is 1. The van der Waals surface area contributed by atoms with Gasteiger partial charge in [0.05, 0.1) is 16.0 Å². The molecule has 0 spiro atoms. The standard InChI is InChI=1S/C19H23N5O3S/c1-12-16(4-5-17(25)23(12)2)28(26,27)10-13-8-14(9-13)24(3)19-15-6-7-20-18(15)21-11-22-19/h4-7,11,13-14H,8-10H2,1-3H3,(H,20,21,22). The van der Waals surface area contributed by atoms with Gasteiger partial charge in [0, 0.05) is 38.1 Å². The molecule has 0 radical (unpaired) electrons. The average Bonchev–Trinajstić information content (AvgIpc) is 3.10. The maximum Gasteiger partial charge on any atom is 0.250 e. The predicted octanol–water partition coefficient (Wildman–Crippen LogP) is 1.65. The first kappa shape index (κ1) is 18.7. The Morgan fingerprint density at radius 1 is 1.25 bits per heavy atom. The molecule has 0 aliphatic heterocycles. The van der Waals surface area contributed by atoms with Crippen molar-refractivity contribution in [2.75, 3.05) is 17.7 Å². The van der Waals surface area contributed by atoms with Crippen LogP contribution in [0.25, 0.3) is 11.0 Å². The van der Waals surface area contributed by atoms with E-state index >= 15 is 0 Å². The second-order valence-corrected chi connectivity index (χ2v) is 9.50. The third-order valence-corrected chi connectivity index (χ3v) is 7.80. The van der Waals surface area contributed by atoms with Crippen LogP contribution in [0, 0.1) is 12.8 Å². The summed E-state index contributed by atoms with van der Waals surface area (Å²) in [6.45, 7) is 1.67. The van der Waals surface area contributed by atoms with Crippen molar-refractivity contribution in [1.29, 1.82) is 0 Å². The van der Waals surface area contributed by atoms with Crippen LogP contribution in [0.15, 0.2) is 40.4 Å². The second kappa shape index (κ2) is 6.73. The van der Waals surface area contributed by atoms with Gasteiger partial charge in [0.15, 0.2) is 9.84 Å². The van der Waals surface area contributed by atoms with E-state index in [1.54, 1.807) is 14.0 Å². The molecule has 4 rings (SSSR count). The molecule has 148 valence electrons. The van der Waals surface area contributed by atoms with Crippen LogP contribution in [-0.4, -0.2) is 46.8 Å². The Morgan fingerprint density at radius 2 is 2.00 bits per heavy atom. The Morgan fingerprint density at radius 3 is 2.75 bits per heavy atom. The largest absolute Gasteiger partial charge is 0.356 e. The van der Waals surface area contributed by atoms with Crippen LogP contribution in [0.1, 0.15) is 18.5 Å². The predicted molar refractivity (Wildman–Crippen MR) is 107 cm³/mol. The third kappa shape index (κ3) is 3.09. The summed E-state index contributed by atoms with van der Waals surface area (Å²) in [6.07, 6.45) is 4.95.